The number of nitrogens with zero attached hydrogens (tertiary/aromatic N) is 2. The molecule has 0 N–H and O–H groups in total. The lowest BCUT2D eigenvalue weighted by molar-refractivity contribution is 0.0574. The Morgan fingerprint density at radius 3 is 3.24 bits per heavy atom. The molecule has 1 fully saturated rings. The molecule has 5 heteroatoms. The number of morpholine rings is 1. The van der Waals surface area contributed by atoms with Gasteiger partial charge in [-0.2, -0.15) is 4.37 Å². The molecular weight excluding hydrogens is 300 g/mol. The van der Waals surface area contributed by atoms with Gasteiger partial charge in [0.1, 0.15) is 5.00 Å². The molecule has 3 rings (SSSR count). The van der Waals surface area contributed by atoms with Gasteiger partial charge in [-0.15, -0.1) is 0 Å². The highest BCUT2D eigenvalue weighted by Crippen LogP contribution is 2.32. The fourth-order valence-electron chi connectivity index (χ4n) is 2.10. The fraction of sp³-hybridized carbons (Fsp3) is 0.417. The predicted octanol–water partition coefficient (Wildman–Crippen LogP) is 2.90. The van der Waals surface area contributed by atoms with Crippen LogP contribution in [0.5, 0.6) is 0 Å². The first-order valence-electron chi connectivity index (χ1n) is 5.65. The molecule has 0 radical (unpaired) electrons. The Balaban J connectivity index is 1.92. The Bertz CT molecular complexity index is 516. The molecule has 1 unspecified atom stereocenters. The number of halogens is 1. The second-order valence-electron chi connectivity index (χ2n) is 4.10. The third-order valence-corrected chi connectivity index (χ3v) is 4.62. The van der Waals surface area contributed by atoms with Crippen LogP contribution < -0.4 is 4.90 Å². The van der Waals surface area contributed by atoms with Crippen LogP contribution in [0.4, 0.5) is 5.00 Å². The van der Waals surface area contributed by atoms with Gasteiger partial charge in [0.15, 0.2) is 0 Å². The van der Waals surface area contributed by atoms with E-state index in [4.69, 9.17) is 4.74 Å². The summed E-state index contributed by atoms with van der Waals surface area (Å²) in [6.45, 7) is 2.69. The number of hydrogen-bond donors (Lipinski definition) is 0. The zero-order valence-corrected chi connectivity index (χ0v) is 11.7. The van der Waals surface area contributed by atoms with E-state index in [2.05, 4.69) is 43.4 Å². The molecule has 0 aliphatic carbocycles. The van der Waals surface area contributed by atoms with Crippen molar-refractivity contribution < 1.29 is 4.74 Å². The molecule has 1 aliphatic rings. The van der Waals surface area contributed by atoms with Gasteiger partial charge in [0.05, 0.1) is 18.2 Å². The Morgan fingerprint density at radius 1 is 1.47 bits per heavy atom. The first kappa shape index (κ1) is 11.4. The van der Waals surface area contributed by atoms with Crippen molar-refractivity contribution in [1.29, 1.82) is 0 Å². The van der Waals surface area contributed by atoms with Crippen LogP contribution in [0.1, 0.15) is 0 Å². The summed E-state index contributed by atoms with van der Waals surface area (Å²) in [5.41, 5.74) is 1.09. The van der Waals surface area contributed by atoms with E-state index in [1.165, 1.54) is 10.4 Å². The summed E-state index contributed by atoms with van der Waals surface area (Å²) in [5, 5.41) is 3.42. The largest absolute Gasteiger partial charge is 0.374 e. The van der Waals surface area contributed by atoms with Gasteiger partial charge in [0.2, 0.25) is 0 Å². The van der Waals surface area contributed by atoms with Crippen LogP contribution in [0.25, 0.3) is 10.9 Å². The minimum absolute atomic E-state index is 0.282. The van der Waals surface area contributed by atoms with Crippen molar-refractivity contribution in [2.24, 2.45) is 0 Å². The Labute approximate surface area is 113 Å². The Hall–Kier alpha value is -0.650. The average Bonchev–Trinajstić information content (AvgIpc) is 2.82. The second kappa shape index (κ2) is 4.92. The van der Waals surface area contributed by atoms with Gasteiger partial charge >= 0.3 is 0 Å². The predicted molar refractivity (Wildman–Crippen MR) is 75.4 cm³/mol. The van der Waals surface area contributed by atoms with Gasteiger partial charge in [-0.1, -0.05) is 28.1 Å². The van der Waals surface area contributed by atoms with E-state index >= 15 is 0 Å². The molecule has 90 valence electrons. The normalized spacial score (nSPS) is 21.0. The lowest BCUT2D eigenvalue weighted by atomic mass is 10.2. The summed E-state index contributed by atoms with van der Waals surface area (Å²) >= 11 is 5.07. The van der Waals surface area contributed by atoms with Crippen LogP contribution in [0.2, 0.25) is 0 Å². The molecule has 1 aromatic carbocycles. The maximum atomic E-state index is 5.66. The topological polar surface area (TPSA) is 25.4 Å². The van der Waals surface area contributed by atoms with E-state index in [9.17, 15) is 0 Å². The third-order valence-electron chi connectivity index (χ3n) is 2.96. The van der Waals surface area contributed by atoms with Crippen molar-refractivity contribution in [3.63, 3.8) is 0 Å². The smallest absolute Gasteiger partial charge is 0.120 e. The number of hydrogen-bond acceptors (Lipinski definition) is 4. The molecule has 1 aliphatic heterocycles. The molecule has 2 heterocycles. The van der Waals surface area contributed by atoms with Crippen molar-refractivity contribution >= 4 is 43.4 Å². The Morgan fingerprint density at radius 2 is 2.35 bits per heavy atom. The van der Waals surface area contributed by atoms with Gasteiger partial charge in [-0.05, 0) is 23.7 Å². The molecule has 0 saturated carbocycles. The van der Waals surface area contributed by atoms with Crippen molar-refractivity contribution in [2.75, 3.05) is 29.9 Å². The number of alkyl halides is 1. The monoisotopic (exact) mass is 312 g/mol. The third kappa shape index (κ3) is 2.19. The number of ether oxygens (including phenoxy) is 1. The van der Waals surface area contributed by atoms with Crippen molar-refractivity contribution in [1.82, 2.24) is 4.37 Å². The van der Waals surface area contributed by atoms with E-state index in [-0.39, 0.29) is 6.10 Å². The van der Waals surface area contributed by atoms with Gasteiger partial charge in [-0.3, -0.25) is 0 Å². The molecule has 3 nitrogen and oxygen atoms in total. The average molecular weight is 313 g/mol. The first-order chi connectivity index (χ1) is 8.38. The van der Waals surface area contributed by atoms with Crippen LogP contribution in [0.3, 0.4) is 0 Å². The van der Waals surface area contributed by atoms with Crippen LogP contribution in [-0.4, -0.2) is 35.5 Å². The highest BCUT2D eigenvalue weighted by Gasteiger charge is 2.22. The fourth-order valence-corrected chi connectivity index (χ4v) is 3.39. The first-order valence-corrected chi connectivity index (χ1v) is 7.55. The molecule has 2 aromatic rings. The molecule has 1 saturated heterocycles. The molecule has 0 amide bonds. The summed E-state index contributed by atoms with van der Waals surface area (Å²) < 4.78 is 10.2. The number of benzene rings is 1. The van der Waals surface area contributed by atoms with Crippen molar-refractivity contribution in [3.8, 4) is 0 Å². The standard InChI is InChI=1S/C12H13BrN2OS/c13-7-9-8-15(5-6-16-9)12-10-3-1-2-4-11(10)14-17-12/h1-4,9H,5-8H2. The van der Waals surface area contributed by atoms with Crippen LogP contribution >= 0.6 is 27.5 Å². The SMILES string of the molecule is BrCC1CN(c2snc3ccccc23)CCO1. The minimum atomic E-state index is 0.282. The molecule has 17 heavy (non-hydrogen) atoms. The maximum Gasteiger partial charge on any atom is 0.120 e. The number of aromatic nitrogens is 1. The second-order valence-corrected chi connectivity index (χ2v) is 5.50. The van der Waals surface area contributed by atoms with Crippen LogP contribution in [0, 0.1) is 0 Å². The summed E-state index contributed by atoms with van der Waals surface area (Å²) in [5.74, 6) is 0. The minimum Gasteiger partial charge on any atom is -0.374 e. The van der Waals surface area contributed by atoms with E-state index < -0.39 is 0 Å². The molecule has 0 spiro atoms. The van der Waals surface area contributed by atoms with Crippen molar-refractivity contribution in [2.45, 2.75) is 6.10 Å². The zero-order valence-electron chi connectivity index (χ0n) is 9.30. The zero-order chi connectivity index (χ0) is 11.7. The molecule has 1 atom stereocenters. The summed E-state index contributed by atoms with van der Waals surface area (Å²) in [6, 6.07) is 8.32. The van der Waals surface area contributed by atoms with Gasteiger partial charge in [0.25, 0.3) is 0 Å². The molecule has 1 aromatic heterocycles. The summed E-state index contributed by atoms with van der Waals surface area (Å²) in [4.78, 5) is 2.38. The molecule has 0 bridgehead atoms. The van der Waals surface area contributed by atoms with E-state index in [0.29, 0.717) is 0 Å². The van der Waals surface area contributed by atoms with Gasteiger partial charge in [0, 0.05) is 23.8 Å². The van der Waals surface area contributed by atoms with E-state index in [0.717, 1.165) is 30.5 Å². The van der Waals surface area contributed by atoms with Crippen LogP contribution in [0.15, 0.2) is 24.3 Å². The van der Waals surface area contributed by atoms with Crippen molar-refractivity contribution in [3.05, 3.63) is 24.3 Å². The highest BCUT2D eigenvalue weighted by atomic mass is 79.9. The van der Waals surface area contributed by atoms with Crippen LogP contribution in [-0.2, 0) is 4.74 Å². The quantitative estimate of drug-likeness (QED) is 0.797. The van der Waals surface area contributed by atoms with Gasteiger partial charge < -0.3 is 9.64 Å². The number of fused-ring (bicyclic) bond motifs is 1. The number of anilines is 1. The lowest BCUT2D eigenvalue weighted by Crippen LogP contribution is -2.42. The lowest BCUT2D eigenvalue weighted by Gasteiger charge is -2.32. The summed E-state index contributed by atoms with van der Waals surface area (Å²) in [7, 11) is 0. The van der Waals surface area contributed by atoms with E-state index in [1.807, 2.05) is 6.07 Å². The molecular formula is C12H13BrN2OS. The number of rotatable bonds is 2. The van der Waals surface area contributed by atoms with Gasteiger partial charge in [-0.25, -0.2) is 0 Å². The highest BCUT2D eigenvalue weighted by molar-refractivity contribution is 9.09. The van der Waals surface area contributed by atoms with E-state index in [1.54, 1.807) is 11.5 Å². The maximum absolute atomic E-state index is 5.66. The summed E-state index contributed by atoms with van der Waals surface area (Å²) in [6.07, 6.45) is 0.282. The Kier molecular flexibility index (Phi) is 3.31.